The zero-order valence-electron chi connectivity index (χ0n) is 8.81. The molecule has 0 spiro atoms. The van der Waals surface area contributed by atoms with Crippen LogP contribution >= 0.6 is 0 Å². The fourth-order valence-corrected chi connectivity index (χ4v) is 1.42. The molecule has 2 nitrogen and oxygen atoms in total. The second-order valence-electron chi connectivity index (χ2n) is 3.58. The lowest BCUT2D eigenvalue weighted by molar-refractivity contribution is 0.651. The van der Waals surface area contributed by atoms with Crippen molar-refractivity contribution in [3.63, 3.8) is 0 Å². The van der Waals surface area contributed by atoms with Crippen molar-refractivity contribution in [3.05, 3.63) is 28.8 Å². The van der Waals surface area contributed by atoms with E-state index in [1.54, 1.807) is 0 Å². The van der Waals surface area contributed by atoms with Crippen molar-refractivity contribution in [2.24, 2.45) is 0 Å². The first-order chi connectivity index (χ1) is 6.06. The number of nitrogens with one attached hydrogen (secondary N) is 1. The Hall–Kier alpha value is -1.02. The molecule has 0 aliphatic heterocycles. The second-order valence-corrected chi connectivity index (χ2v) is 3.58. The van der Waals surface area contributed by atoms with Gasteiger partial charge in [-0.2, -0.15) is 0 Å². The van der Waals surface area contributed by atoms with E-state index in [1.165, 1.54) is 5.56 Å². The van der Waals surface area contributed by atoms with Crippen LogP contribution in [0.2, 0.25) is 0 Å². The molecule has 0 saturated carbocycles. The van der Waals surface area contributed by atoms with Crippen LogP contribution in [0.1, 0.15) is 29.7 Å². The third-order valence-electron chi connectivity index (χ3n) is 2.55. The van der Waals surface area contributed by atoms with Gasteiger partial charge in [-0.1, -0.05) is 12.1 Å². The molecule has 0 saturated heterocycles. The Kier molecular flexibility index (Phi) is 2.94. The van der Waals surface area contributed by atoms with Crippen molar-refractivity contribution in [3.8, 4) is 0 Å². The molecule has 72 valence electrons. The Balaban J connectivity index is 3.13. The Bertz CT molecular complexity index is 282. The van der Waals surface area contributed by atoms with Crippen molar-refractivity contribution in [2.45, 2.75) is 26.8 Å². The summed E-state index contributed by atoms with van der Waals surface area (Å²) in [5.74, 6) is 0. The molecule has 0 aliphatic rings. The third-order valence-corrected chi connectivity index (χ3v) is 2.55. The maximum Gasteiger partial charge on any atom is 0.0373 e. The molecule has 2 heteroatoms. The van der Waals surface area contributed by atoms with Crippen molar-refractivity contribution >= 4 is 5.69 Å². The summed E-state index contributed by atoms with van der Waals surface area (Å²) in [7, 11) is 1.96. The summed E-state index contributed by atoms with van der Waals surface area (Å²) in [5, 5.41) is 3.21. The van der Waals surface area contributed by atoms with Crippen LogP contribution in [0.15, 0.2) is 12.1 Å². The van der Waals surface area contributed by atoms with E-state index in [1.807, 2.05) is 20.9 Å². The Labute approximate surface area is 80.1 Å². The molecule has 0 radical (unpaired) electrons. The highest BCUT2D eigenvalue weighted by atomic mass is 14.8. The van der Waals surface area contributed by atoms with Crippen LogP contribution in [-0.4, -0.2) is 7.05 Å². The van der Waals surface area contributed by atoms with Gasteiger partial charge in [0.2, 0.25) is 0 Å². The van der Waals surface area contributed by atoms with Gasteiger partial charge in [0.25, 0.3) is 0 Å². The van der Waals surface area contributed by atoms with Gasteiger partial charge in [0, 0.05) is 11.7 Å². The lowest BCUT2D eigenvalue weighted by Gasteiger charge is -2.14. The number of anilines is 1. The predicted molar refractivity (Wildman–Crippen MR) is 57.8 cm³/mol. The number of nitrogen functional groups attached to an aromatic ring is 1. The Morgan fingerprint density at radius 1 is 1.23 bits per heavy atom. The highest BCUT2D eigenvalue weighted by molar-refractivity contribution is 5.54. The Morgan fingerprint density at radius 2 is 1.69 bits per heavy atom. The number of benzene rings is 1. The van der Waals surface area contributed by atoms with Crippen molar-refractivity contribution in [1.82, 2.24) is 5.32 Å². The number of nitrogens with two attached hydrogens (primary N) is 1. The van der Waals surface area contributed by atoms with E-state index in [4.69, 9.17) is 5.73 Å². The van der Waals surface area contributed by atoms with Gasteiger partial charge in [0.15, 0.2) is 0 Å². The molecule has 1 rings (SSSR count). The van der Waals surface area contributed by atoms with E-state index >= 15 is 0 Å². The van der Waals surface area contributed by atoms with Crippen LogP contribution in [0.25, 0.3) is 0 Å². The van der Waals surface area contributed by atoms with E-state index in [0.29, 0.717) is 6.04 Å². The fourth-order valence-electron chi connectivity index (χ4n) is 1.42. The molecular formula is C11H18N2. The minimum absolute atomic E-state index is 0.387. The van der Waals surface area contributed by atoms with Gasteiger partial charge < -0.3 is 11.1 Å². The molecule has 13 heavy (non-hydrogen) atoms. The molecule has 1 atom stereocenters. The number of rotatable bonds is 2. The first kappa shape index (κ1) is 10.1. The van der Waals surface area contributed by atoms with Crippen LogP contribution < -0.4 is 11.1 Å². The molecule has 0 heterocycles. The molecule has 3 N–H and O–H groups in total. The van der Waals surface area contributed by atoms with E-state index in [0.717, 1.165) is 16.8 Å². The first-order valence-corrected chi connectivity index (χ1v) is 4.60. The van der Waals surface area contributed by atoms with Crippen molar-refractivity contribution in [1.29, 1.82) is 0 Å². The lowest BCUT2D eigenvalue weighted by Crippen LogP contribution is -2.13. The third kappa shape index (κ3) is 2.01. The van der Waals surface area contributed by atoms with E-state index in [-0.39, 0.29) is 0 Å². The van der Waals surface area contributed by atoms with Gasteiger partial charge in [0.1, 0.15) is 0 Å². The quantitative estimate of drug-likeness (QED) is 0.681. The summed E-state index contributed by atoms with van der Waals surface area (Å²) >= 11 is 0. The van der Waals surface area contributed by atoms with Crippen LogP contribution in [0.5, 0.6) is 0 Å². The molecule has 1 aromatic carbocycles. The predicted octanol–water partition coefficient (Wildman–Crippen LogP) is 2.17. The van der Waals surface area contributed by atoms with Gasteiger partial charge in [-0.05, 0) is 44.5 Å². The molecule has 0 fully saturated rings. The zero-order valence-corrected chi connectivity index (χ0v) is 8.81. The van der Waals surface area contributed by atoms with Gasteiger partial charge in [-0.25, -0.2) is 0 Å². The SMILES string of the molecule is CNC(C)c1cc(C)c(N)c(C)c1. The molecule has 1 unspecified atom stereocenters. The standard InChI is InChI=1S/C11H18N2/c1-7-5-10(9(3)13-4)6-8(2)11(7)12/h5-6,9,13H,12H2,1-4H3. The van der Waals surface area contributed by atoms with E-state index in [2.05, 4.69) is 24.4 Å². The lowest BCUT2D eigenvalue weighted by atomic mass is 10.0. The number of aryl methyl sites for hydroxylation is 2. The maximum absolute atomic E-state index is 5.87. The summed E-state index contributed by atoms with van der Waals surface area (Å²) in [6.07, 6.45) is 0. The monoisotopic (exact) mass is 178 g/mol. The average Bonchev–Trinajstić information content (AvgIpc) is 2.12. The molecule has 0 amide bonds. The van der Waals surface area contributed by atoms with Gasteiger partial charge >= 0.3 is 0 Å². The average molecular weight is 178 g/mol. The molecular weight excluding hydrogens is 160 g/mol. The minimum atomic E-state index is 0.387. The Morgan fingerprint density at radius 3 is 2.08 bits per heavy atom. The second kappa shape index (κ2) is 3.79. The number of hydrogen-bond acceptors (Lipinski definition) is 2. The van der Waals surface area contributed by atoms with E-state index < -0.39 is 0 Å². The normalized spacial score (nSPS) is 12.9. The smallest absolute Gasteiger partial charge is 0.0373 e. The summed E-state index contributed by atoms with van der Waals surface area (Å²) in [6.45, 7) is 6.24. The van der Waals surface area contributed by atoms with Crippen LogP contribution in [0.4, 0.5) is 5.69 Å². The fraction of sp³-hybridized carbons (Fsp3) is 0.455. The van der Waals surface area contributed by atoms with Gasteiger partial charge in [0.05, 0.1) is 0 Å². The summed E-state index contributed by atoms with van der Waals surface area (Å²) in [5.41, 5.74) is 10.4. The summed E-state index contributed by atoms with van der Waals surface area (Å²) < 4.78 is 0. The van der Waals surface area contributed by atoms with Crippen LogP contribution in [0, 0.1) is 13.8 Å². The topological polar surface area (TPSA) is 38.0 Å². The van der Waals surface area contributed by atoms with E-state index in [9.17, 15) is 0 Å². The highest BCUT2D eigenvalue weighted by Crippen LogP contribution is 2.22. The van der Waals surface area contributed by atoms with Crippen LogP contribution in [0.3, 0.4) is 0 Å². The number of hydrogen-bond donors (Lipinski definition) is 2. The summed E-state index contributed by atoms with van der Waals surface area (Å²) in [6, 6.07) is 4.67. The molecule has 0 aromatic heterocycles. The van der Waals surface area contributed by atoms with Crippen LogP contribution in [-0.2, 0) is 0 Å². The van der Waals surface area contributed by atoms with Crippen molar-refractivity contribution in [2.75, 3.05) is 12.8 Å². The molecule has 1 aromatic rings. The molecule has 0 aliphatic carbocycles. The first-order valence-electron chi connectivity index (χ1n) is 4.60. The largest absolute Gasteiger partial charge is 0.398 e. The highest BCUT2D eigenvalue weighted by Gasteiger charge is 2.06. The maximum atomic E-state index is 5.87. The van der Waals surface area contributed by atoms with Gasteiger partial charge in [-0.15, -0.1) is 0 Å². The summed E-state index contributed by atoms with van der Waals surface area (Å²) in [4.78, 5) is 0. The van der Waals surface area contributed by atoms with Gasteiger partial charge in [-0.3, -0.25) is 0 Å². The zero-order chi connectivity index (χ0) is 10.0. The molecule has 0 bridgehead atoms. The minimum Gasteiger partial charge on any atom is -0.398 e. The van der Waals surface area contributed by atoms with Crippen molar-refractivity contribution < 1.29 is 0 Å².